The van der Waals surface area contributed by atoms with Crippen LogP contribution in [0.1, 0.15) is 29.7 Å². The first-order valence-electron chi connectivity index (χ1n) is 8.36. The molecular weight excluding hydrogens is 310 g/mol. The van der Waals surface area contributed by atoms with Gasteiger partial charge in [-0.1, -0.05) is 78.9 Å². The van der Waals surface area contributed by atoms with Crippen molar-refractivity contribution in [2.45, 2.75) is 18.6 Å². The molecule has 3 aromatic rings. The highest BCUT2D eigenvalue weighted by Gasteiger charge is 2.48. The molecule has 25 heavy (non-hydrogen) atoms. The van der Waals surface area contributed by atoms with Crippen LogP contribution in [0.4, 0.5) is 5.69 Å². The van der Waals surface area contributed by atoms with Crippen LogP contribution in [0.15, 0.2) is 84.9 Å². The Kier molecular flexibility index (Phi) is 3.66. The van der Waals surface area contributed by atoms with Crippen molar-refractivity contribution in [3.05, 3.63) is 102 Å². The number of fused-ring (bicyclic) bond motifs is 1. The summed E-state index contributed by atoms with van der Waals surface area (Å²) in [7, 11) is 0. The lowest BCUT2D eigenvalue weighted by Gasteiger charge is -2.30. The Balaban J connectivity index is 1.93. The van der Waals surface area contributed by atoms with E-state index in [4.69, 9.17) is 0 Å². The average molecular weight is 329 g/mol. The van der Waals surface area contributed by atoms with E-state index < -0.39 is 5.60 Å². The molecule has 1 N–H and O–H groups in total. The number of rotatable bonds is 3. The van der Waals surface area contributed by atoms with Crippen LogP contribution in [-0.2, 0) is 10.4 Å². The monoisotopic (exact) mass is 329 g/mol. The van der Waals surface area contributed by atoms with E-state index in [9.17, 15) is 9.90 Å². The van der Waals surface area contributed by atoms with Crippen molar-refractivity contribution < 1.29 is 9.90 Å². The molecule has 1 unspecified atom stereocenters. The summed E-state index contributed by atoms with van der Waals surface area (Å²) in [4.78, 5) is 14.9. The van der Waals surface area contributed by atoms with Gasteiger partial charge in [-0.3, -0.25) is 9.69 Å². The van der Waals surface area contributed by atoms with Gasteiger partial charge in [0, 0.05) is 5.56 Å². The summed E-state index contributed by atoms with van der Waals surface area (Å²) >= 11 is 0. The standard InChI is InChI=1S/C22H19NO2/c1-22(25)18-14-8-9-15-19(18)23(21(22)24)20(16-10-4-2-5-11-16)17-12-6-3-7-13-17/h2-15,20,25H,1H3. The van der Waals surface area contributed by atoms with Gasteiger partial charge in [0.1, 0.15) is 0 Å². The molecule has 1 amide bonds. The molecule has 0 saturated heterocycles. The highest BCUT2D eigenvalue weighted by atomic mass is 16.3. The van der Waals surface area contributed by atoms with Crippen molar-refractivity contribution >= 4 is 11.6 Å². The Bertz CT molecular complexity index is 864. The van der Waals surface area contributed by atoms with Gasteiger partial charge in [0.2, 0.25) is 0 Å². The molecule has 1 aliphatic heterocycles. The van der Waals surface area contributed by atoms with Gasteiger partial charge in [-0.05, 0) is 24.1 Å². The molecule has 1 atom stereocenters. The molecule has 0 bridgehead atoms. The van der Waals surface area contributed by atoms with Crippen LogP contribution in [0, 0.1) is 0 Å². The van der Waals surface area contributed by atoms with Crippen molar-refractivity contribution in [2.24, 2.45) is 0 Å². The molecule has 3 heteroatoms. The van der Waals surface area contributed by atoms with Crippen LogP contribution in [0.3, 0.4) is 0 Å². The maximum atomic E-state index is 13.1. The minimum absolute atomic E-state index is 0.287. The van der Waals surface area contributed by atoms with E-state index in [0.29, 0.717) is 5.56 Å². The van der Waals surface area contributed by atoms with Crippen LogP contribution in [-0.4, -0.2) is 11.0 Å². The second-order valence-electron chi connectivity index (χ2n) is 6.49. The fraction of sp³-hybridized carbons (Fsp3) is 0.136. The van der Waals surface area contributed by atoms with E-state index >= 15 is 0 Å². The number of carbonyl (C=O) groups is 1. The SMILES string of the molecule is CC1(O)C(=O)N(C(c2ccccc2)c2ccccc2)c2ccccc21. The summed E-state index contributed by atoms with van der Waals surface area (Å²) in [6.45, 7) is 1.57. The smallest absolute Gasteiger partial charge is 0.264 e. The molecule has 0 spiro atoms. The molecule has 0 saturated carbocycles. The summed E-state index contributed by atoms with van der Waals surface area (Å²) in [5, 5.41) is 10.8. The van der Waals surface area contributed by atoms with Gasteiger partial charge in [-0.15, -0.1) is 0 Å². The summed E-state index contributed by atoms with van der Waals surface area (Å²) in [6, 6.07) is 27.0. The third-order valence-corrected chi connectivity index (χ3v) is 4.81. The number of para-hydroxylation sites is 1. The molecule has 1 heterocycles. The Morgan fingerprint density at radius 3 is 1.84 bits per heavy atom. The highest BCUT2D eigenvalue weighted by Crippen LogP contribution is 2.45. The van der Waals surface area contributed by atoms with Gasteiger partial charge in [0.05, 0.1) is 11.7 Å². The molecular formula is C22H19NO2. The fourth-order valence-electron chi connectivity index (χ4n) is 3.57. The Morgan fingerprint density at radius 2 is 1.28 bits per heavy atom. The van der Waals surface area contributed by atoms with Gasteiger partial charge >= 0.3 is 0 Å². The van der Waals surface area contributed by atoms with E-state index in [-0.39, 0.29) is 11.9 Å². The number of carbonyl (C=O) groups excluding carboxylic acids is 1. The first-order chi connectivity index (χ1) is 12.1. The quantitative estimate of drug-likeness (QED) is 0.788. The normalized spacial score (nSPS) is 19.3. The van der Waals surface area contributed by atoms with Gasteiger partial charge in [0.15, 0.2) is 5.60 Å². The number of hydrogen-bond acceptors (Lipinski definition) is 2. The zero-order valence-electron chi connectivity index (χ0n) is 14.0. The van der Waals surface area contributed by atoms with Crippen LogP contribution >= 0.6 is 0 Å². The van der Waals surface area contributed by atoms with E-state index in [2.05, 4.69) is 0 Å². The van der Waals surface area contributed by atoms with E-state index in [0.717, 1.165) is 16.8 Å². The van der Waals surface area contributed by atoms with Crippen molar-refractivity contribution in [1.82, 2.24) is 0 Å². The number of anilines is 1. The first-order valence-corrected chi connectivity index (χ1v) is 8.36. The second-order valence-corrected chi connectivity index (χ2v) is 6.49. The maximum absolute atomic E-state index is 13.1. The van der Waals surface area contributed by atoms with E-state index in [1.807, 2.05) is 84.9 Å². The average Bonchev–Trinajstić information content (AvgIpc) is 2.85. The Hall–Kier alpha value is -2.91. The Morgan fingerprint density at radius 1 is 0.800 bits per heavy atom. The van der Waals surface area contributed by atoms with Crippen molar-refractivity contribution in [1.29, 1.82) is 0 Å². The second kappa shape index (κ2) is 5.87. The van der Waals surface area contributed by atoms with E-state index in [1.54, 1.807) is 11.8 Å². The lowest BCUT2D eigenvalue weighted by atomic mass is 9.96. The van der Waals surface area contributed by atoms with Crippen LogP contribution in [0.2, 0.25) is 0 Å². The van der Waals surface area contributed by atoms with Crippen LogP contribution in [0.25, 0.3) is 0 Å². The zero-order chi connectivity index (χ0) is 17.4. The topological polar surface area (TPSA) is 40.5 Å². The predicted molar refractivity (Wildman–Crippen MR) is 98.2 cm³/mol. The first kappa shape index (κ1) is 15.6. The van der Waals surface area contributed by atoms with Crippen molar-refractivity contribution in [3.63, 3.8) is 0 Å². The highest BCUT2D eigenvalue weighted by molar-refractivity contribution is 6.07. The molecule has 0 aromatic heterocycles. The number of amides is 1. The number of aliphatic hydroxyl groups is 1. The minimum atomic E-state index is -1.52. The van der Waals surface area contributed by atoms with Gasteiger partial charge in [-0.2, -0.15) is 0 Å². The van der Waals surface area contributed by atoms with Gasteiger partial charge in [-0.25, -0.2) is 0 Å². The molecule has 4 rings (SSSR count). The van der Waals surface area contributed by atoms with Crippen molar-refractivity contribution in [2.75, 3.05) is 4.90 Å². The summed E-state index contributed by atoms with van der Waals surface area (Å²) in [5.41, 5.74) is 1.91. The van der Waals surface area contributed by atoms with Crippen LogP contribution < -0.4 is 4.90 Å². The van der Waals surface area contributed by atoms with Crippen LogP contribution in [0.5, 0.6) is 0 Å². The Labute approximate surface area is 147 Å². The minimum Gasteiger partial charge on any atom is -0.375 e. The summed E-state index contributed by atoms with van der Waals surface area (Å²) in [6.07, 6.45) is 0. The fourth-order valence-corrected chi connectivity index (χ4v) is 3.57. The largest absolute Gasteiger partial charge is 0.375 e. The van der Waals surface area contributed by atoms with Gasteiger partial charge in [0.25, 0.3) is 5.91 Å². The van der Waals surface area contributed by atoms with Gasteiger partial charge < -0.3 is 5.11 Å². The summed E-state index contributed by atoms with van der Waals surface area (Å²) in [5.74, 6) is -0.300. The number of benzene rings is 3. The molecule has 1 aliphatic rings. The third-order valence-electron chi connectivity index (χ3n) is 4.81. The lowest BCUT2D eigenvalue weighted by Crippen LogP contribution is -2.40. The molecule has 0 fully saturated rings. The molecule has 0 aliphatic carbocycles. The lowest BCUT2D eigenvalue weighted by molar-refractivity contribution is -0.134. The maximum Gasteiger partial charge on any atom is 0.264 e. The molecule has 0 radical (unpaired) electrons. The van der Waals surface area contributed by atoms with Crippen molar-refractivity contribution in [3.8, 4) is 0 Å². The number of hydrogen-bond donors (Lipinski definition) is 1. The molecule has 3 nitrogen and oxygen atoms in total. The number of nitrogens with zero attached hydrogens (tertiary/aromatic N) is 1. The molecule has 124 valence electrons. The summed E-state index contributed by atoms with van der Waals surface area (Å²) < 4.78 is 0. The zero-order valence-corrected chi connectivity index (χ0v) is 14.0. The van der Waals surface area contributed by atoms with E-state index in [1.165, 1.54) is 0 Å². The molecule has 3 aromatic carbocycles. The predicted octanol–water partition coefficient (Wildman–Crippen LogP) is 4.03. The third kappa shape index (κ3) is 2.44.